The van der Waals surface area contributed by atoms with E-state index in [4.69, 9.17) is 0 Å². The normalized spacial score (nSPS) is 27.7. The van der Waals surface area contributed by atoms with Gasteiger partial charge in [-0.25, -0.2) is 0 Å². The average molecular weight is 210 g/mol. The van der Waals surface area contributed by atoms with Crippen LogP contribution in [0.25, 0.3) is 0 Å². The number of carbonyl (C=O) groups excluding carboxylic acids is 1. The second-order valence-corrected chi connectivity index (χ2v) is 3.65. The molecule has 1 aliphatic carbocycles. The van der Waals surface area contributed by atoms with E-state index in [0.717, 1.165) is 12.8 Å². The summed E-state index contributed by atoms with van der Waals surface area (Å²) in [6.45, 7) is 1.97. The molecule has 0 aliphatic heterocycles. The van der Waals surface area contributed by atoms with Crippen molar-refractivity contribution in [2.75, 3.05) is 0 Å². The molecule has 0 heterocycles. The van der Waals surface area contributed by atoms with E-state index in [1.54, 1.807) is 0 Å². The van der Waals surface area contributed by atoms with Crippen LogP contribution in [0.1, 0.15) is 32.6 Å². The number of esters is 1. The topological polar surface area (TPSA) is 26.3 Å². The van der Waals surface area contributed by atoms with E-state index in [1.165, 1.54) is 0 Å². The van der Waals surface area contributed by atoms with Gasteiger partial charge in [-0.2, -0.15) is 0 Å². The van der Waals surface area contributed by atoms with Crippen molar-refractivity contribution < 1.29 is 22.7 Å². The first-order valence-corrected chi connectivity index (χ1v) is 4.72. The summed E-state index contributed by atoms with van der Waals surface area (Å²) in [5.41, 5.74) is 0. The van der Waals surface area contributed by atoms with Gasteiger partial charge in [0.1, 0.15) is 0 Å². The molecule has 0 saturated heterocycles. The quantitative estimate of drug-likeness (QED) is 0.655. The Labute approximate surface area is 80.4 Å². The standard InChI is InChI=1S/C9H13F3O2/c1-2-6-3-4-7(5-6)8(13)14-9(10,11)12/h6-7H,2-5H2,1H3. The smallest absolute Gasteiger partial charge is 0.373 e. The molecule has 82 valence electrons. The van der Waals surface area contributed by atoms with Gasteiger partial charge in [-0.05, 0) is 25.2 Å². The maximum absolute atomic E-state index is 11.7. The van der Waals surface area contributed by atoms with Gasteiger partial charge in [-0.1, -0.05) is 13.3 Å². The Hall–Kier alpha value is -0.740. The molecule has 1 rings (SSSR count). The van der Waals surface area contributed by atoms with Crippen LogP contribution in [0, 0.1) is 11.8 Å². The van der Waals surface area contributed by atoms with Gasteiger partial charge < -0.3 is 4.74 Å². The monoisotopic (exact) mass is 210 g/mol. The molecule has 2 atom stereocenters. The van der Waals surface area contributed by atoms with Crippen LogP contribution in [0.15, 0.2) is 0 Å². The lowest BCUT2D eigenvalue weighted by atomic mass is 10.0. The van der Waals surface area contributed by atoms with E-state index < -0.39 is 18.2 Å². The minimum Gasteiger partial charge on any atom is -0.373 e. The number of halogens is 3. The molecular weight excluding hydrogens is 197 g/mol. The van der Waals surface area contributed by atoms with Crippen LogP contribution >= 0.6 is 0 Å². The van der Waals surface area contributed by atoms with Crippen LogP contribution in [-0.2, 0) is 9.53 Å². The van der Waals surface area contributed by atoms with Crippen LogP contribution < -0.4 is 0 Å². The summed E-state index contributed by atoms with van der Waals surface area (Å²) >= 11 is 0. The summed E-state index contributed by atoms with van der Waals surface area (Å²) in [6, 6.07) is 0. The first kappa shape index (κ1) is 11.3. The molecule has 2 nitrogen and oxygen atoms in total. The van der Waals surface area contributed by atoms with E-state index in [2.05, 4.69) is 4.74 Å². The van der Waals surface area contributed by atoms with E-state index >= 15 is 0 Å². The largest absolute Gasteiger partial charge is 0.575 e. The van der Waals surface area contributed by atoms with Crippen LogP contribution in [0.3, 0.4) is 0 Å². The lowest BCUT2D eigenvalue weighted by Gasteiger charge is -2.11. The average Bonchev–Trinajstić information content (AvgIpc) is 2.48. The Balaban J connectivity index is 2.40. The molecule has 0 bridgehead atoms. The van der Waals surface area contributed by atoms with E-state index in [0.29, 0.717) is 18.8 Å². The minimum atomic E-state index is -4.83. The number of carbonyl (C=O) groups is 1. The summed E-state index contributed by atoms with van der Waals surface area (Å²) in [5.74, 6) is -1.30. The molecule has 0 N–H and O–H groups in total. The third-order valence-corrected chi connectivity index (χ3v) is 2.67. The summed E-state index contributed by atoms with van der Waals surface area (Å²) in [5, 5.41) is 0. The Morgan fingerprint density at radius 3 is 2.50 bits per heavy atom. The second-order valence-electron chi connectivity index (χ2n) is 3.65. The third-order valence-electron chi connectivity index (χ3n) is 2.67. The van der Waals surface area contributed by atoms with Crippen LogP contribution in [0.4, 0.5) is 13.2 Å². The van der Waals surface area contributed by atoms with Crippen molar-refractivity contribution in [3.8, 4) is 0 Å². The van der Waals surface area contributed by atoms with E-state index in [-0.39, 0.29) is 0 Å². The van der Waals surface area contributed by atoms with Crippen LogP contribution in [0.2, 0.25) is 0 Å². The molecule has 1 aliphatic rings. The van der Waals surface area contributed by atoms with Crippen molar-refractivity contribution in [3.63, 3.8) is 0 Å². The van der Waals surface area contributed by atoms with Crippen molar-refractivity contribution in [2.24, 2.45) is 11.8 Å². The molecule has 0 spiro atoms. The number of alkyl halides is 3. The first-order valence-electron chi connectivity index (χ1n) is 4.72. The Morgan fingerprint density at radius 1 is 1.43 bits per heavy atom. The molecular formula is C9H13F3O2. The third kappa shape index (κ3) is 3.20. The second kappa shape index (κ2) is 4.19. The Morgan fingerprint density at radius 2 is 2.07 bits per heavy atom. The molecule has 2 unspecified atom stereocenters. The van der Waals surface area contributed by atoms with Crippen molar-refractivity contribution in [2.45, 2.75) is 39.0 Å². The van der Waals surface area contributed by atoms with Crippen molar-refractivity contribution in [3.05, 3.63) is 0 Å². The fraction of sp³-hybridized carbons (Fsp3) is 0.889. The van der Waals surface area contributed by atoms with Gasteiger partial charge >= 0.3 is 12.3 Å². The first-order chi connectivity index (χ1) is 6.42. The molecule has 0 radical (unpaired) electrons. The predicted octanol–water partition coefficient (Wildman–Crippen LogP) is 2.88. The number of ether oxygens (including phenoxy) is 1. The van der Waals surface area contributed by atoms with Gasteiger partial charge in [0.25, 0.3) is 0 Å². The van der Waals surface area contributed by atoms with Crippen molar-refractivity contribution in [1.82, 2.24) is 0 Å². The van der Waals surface area contributed by atoms with Crippen LogP contribution in [0.5, 0.6) is 0 Å². The highest BCUT2D eigenvalue weighted by molar-refractivity contribution is 5.72. The van der Waals surface area contributed by atoms with Gasteiger partial charge in [-0.15, -0.1) is 13.2 Å². The van der Waals surface area contributed by atoms with Crippen LogP contribution in [-0.4, -0.2) is 12.3 Å². The predicted molar refractivity (Wildman–Crippen MR) is 43.3 cm³/mol. The number of hydrogen-bond donors (Lipinski definition) is 0. The Bertz CT molecular complexity index is 213. The maximum Gasteiger partial charge on any atom is 0.575 e. The van der Waals surface area contributed by atoms with E-state index in [9.17, 15) is 18.0 Å². The zero-order valence-corrected chi connectivity index (χ0v) is 7.93. The number of rotatable bonds is 2. The fourth-order valence-corrected chi connectivity index (χ4v) is 1.86. The Kier molecular flexibility index (Phi) is 3.39. The molecule has 1 saturated carbocycles. The van der Waals surface area contributed by atoms with Gasteiger partial charge in [0, 0.05) is 0 Å². The molecule has 1 fully saturated rings. The lowest BCUT2D eigenvalue weighted by Crippen LogP contribution is -2.24. The molecule has 0 amide bonds. The number of hydrogen-bond acceptors (Lipinski definition) is 2. The van der Waals surface area contributed by atoms with Crippen molar-refractivity contribution >= 4 is 5.97 Å². The zero-order valence-electron chi connectivity index (χ0n) is 7.93. The van der Waals surface area contributed by atoms with E-state index in [1.807, 2.05) is 6.92 Å². The molecule has 5 heteroatoms. The highest BCUT2D eigenvalue weighted by Crippen LogP contribution is 2.34. The highest BCUT2D eigenvalue weighted by atomic mass is 19.4. The summed E-state index contributed by atoms with van der Waals surface area (Å²) in [4.78, 5) is 11.0. The van der Waals surface area contributed by atoms with Gasteiger partial charge in [0.15, 0.2) is 0 Å². The van der Waals surface area contributed by atoms with Gasteiger partial charge in [-0.3, -0.25) is 4.79 Å². The van der Waals surface area contributed by atoms with Gasteiger partial charge in [0.2, 0.25) is 0 Å². The SMILES string of the molecule is CCC1CCC(C(=O)OC(F)(F)F)C1. The molecule has 0 aromatic rings. The maximum atomic E-state index is 11.7. The zero-order chi connectivity index (χ0) is 10.8. The van der Waals surface area contributed by atoms with Crippen molar-refractivity contribution in [1.29, 1.82) is 0 Å². The highest BCUT2D eigenvalue weighted by Gasteiger charge is 2.39. The molecule has 0 aromatic carbocycles. The summed E-state index contributed by atoms with van der Waals surface area (Å²) in [7, 11) is 0. The van der Waals surface area contributed by atoms with Gasteiger partial charge in [0.05, 0.1) is 5.92 Å². The molecule has 14 heavy (non-hydrogen) atoms. The summed E-state index contributed by atoms with van der Waals surface area (Å²) in [6.07, 6.45) is -2.04. The fourth-order valence-electron chi connectivity index (χ4n) is 1.86. The minimum absolute atomic E-state index is 0.376. The molecule has 0 aromatic heterocycles. The summed E-state index contributed by atoms with van der Waals surface area (Å²) < 4.78 is 38.5. The lowest BCUT2D eigenvalue weighted by molar-refractivity contribution is -0.307.